The van der Waals surface area contributed by atoms with E-state index in [9.17, 15) is 8.42 Å². The standard InChI is InChI=1S/C14H17NO3S/c1-15(10-11-18-2)19(16,17)14-9-5-7-12-6-3-4-8-13(12)14/h3-9H,10-11H2,1-2H3. The number of hydrogen-bond donors (Lipinski definition) is 0. The Bertz CT molecular complexity index is 662. The summed E-state index contributed by atoms with van der Waals surface area (Å²) in [5.74, 6) is 0. The van der Waals surface area contributed by atoms with Crippen LogP contribution in [0.1, 0.15) is 0 Å². The van der Waals surface area contributed by atoms with Gasteiger partial charge in [0.15, 0.2) is 0 Å². The normalized spacial score (nSPS) is 12.2. The van der Waals surface area contributed by atoms with Crippen molar-refractivity contribution in [1.29, 1.82) is 0 Å². The lowest BCUT2D eigenvalue weighted by molar-refractivity contribution is 0.185. The highest BCUT2D eigenvalue weighted by Gasteiger charge is 2.22. The van der Waals surface area contributed by atoms with Crippen molar-refractivity contribution in [3.05, 3.63) is 42.5 Å². The van der Waals surface area contributed by atoms with Gasteiger partial charge in [-0.3, -0.25) is 0 Å². The van der Waals surface area contributed by atoms with Gasteiger partial charge in [-0.2, -0.15) is 4.31 Å². The molecule has 0 saturated carbocycles. The van der Waals surface area contributed by atoms with Gasteiger partial charge in [0.1, 0.15) is 0 Å². The van der Waals surface area contributed by atoms with Gasteiger partial charge in [-0.05, 0) is 11.5 Å². The van der Waals surface area contributed by atoms with Crippen LogP contribution in [-0.4, -0.2) is 40.0 Å². The van der Waals surface area contributed by atoms with Crippen LogP contribution in [0.15, 0.2) is 47.4 Å². The van der Waals surface area contributed by atoms with Crippen molar-refractivity contribution in [2.75, 3.05) is 27.3 Å². The highest BCUT2D eigenvalue weighted by atomic mass is 32.2. The minimum Gasteiger partial charge on any atom is -0.383 e. The van der Waals surface area contributed by atoms with Gasteiger partial charge >= 0.3 is 0 Å². The third-order valence-corrected chi connectivity index (χ3v) is 4.96. The van der Waals surface area contributed by atoms with E-state index in [0.29, 0.717) is 18.0 Å². The Kier molecular flexibility index (Phi) is 4.19. The number of sulfonamides is 1. The Morgan fingerprint density at radius 3 is 2.53 bits per heavy atom. The van der Waals surface area contributed by atoms with Crippen LogP contribution in [0.3, 0.4) is 0 Å². The first kappa shape index (κ1) is 14.0. The largest absolute Gasteiger partial charge is 0.383 e. The zero-order valence-electron chi connectivity index (χ0n) is 11.0. The number of ether oxygens (including phenoxy) is 1. The molecule has 0 aliphatic carbocycles. The molecule has 0 radical (unpaired) electrons. The highest BCUT2D eigenvalue weighted by Crippen LogP contribution is 2.24. The number of nitrogens with zero attached hydrogens (tertiary/aromatic N) is 1. The Labute approximate surface area is 113 Å². The predicted octanol–water partition coefficient (Wildman–Crippen LogP) is 2.11. The molecule has 0 unspecified atom stereocenters. The molecule has 2 rings (SSSR count). The van der Waals surface area contributed by atoms with E-state index >= 15 is 0 Å². The number of rotatable bonds is 5. The van der Waals surface area contributed by atoms with Gasteiger partial charge < -0.3 is 4.74 Å². The van der Waals surface area contributed by atoms with Crippen LogP contribution in [-0.2, 0) is 14.8 Å². The average Bonchev–Trinajstić information content (AvgIpc) is 2.43. The van der Waals surface area contributed by atoms with Crippen LogP contribution in [0.5, 0.6) is 0 Å². The molecule has 0 spiro atoms. The van der Waals surface area contributed by atoms with Crippen LogP contribution in [0.25, 0.3) is 10.8 Å². The monoisotopic (exact) mass is 279 g/mol. The lowest BCUT2D eigenvalue weighted by Gasteiger charge is -2.17. The molecule has 0 fully saturated rings. The Morgan fingerprint density at radius 2 is 1.79 bits per heavy atom. The van der Waals surface area contributed by atoms with Crippen LogP contribution in [0.4, 0.5) is 0 Å². The fourth-order valence-electron chi connectivity index (χ4n) is 1.93. The molecular formula is C14H17NO3S. The van der Waals surface area contributed by atoms with Crippen molar-refractivity contribution in [3.63, 3.8) is 0 Å². The van der Waals surface area contributed by atoms with Crippen LogP contribution in [0.2, 0.25) is 0 Å². The maximum Gasteiger partial charge on any atom is 0.243 e. The van der Waals surface area contributed by atoms with Crippen molar-refractivity contribution in [1.82, 2.24) is 4.31 Å². The molecule has 0 aliphatic rings. The van der Waals surface area contributed by atoms with Gasteiger partial charge in [-0.15, -0.1) is 0 Å². The van der Waals surface area contributed by atoms with Gasteiger partial charge in [-0.25, -0.2) is 8.42 Å². The summed E-state index contributed by atoms with van der Waals surface area (Å²) in [5, 5.41) is 1.66. The molecule has 0 heterocycles. The van der Waals surface area contributed by atoms with Gasteiger partial charge in [-0.1, -0.05) is 36.4 Å². The second-order valence-corrected chi connectivity index (χ2v) is 6.31. The number of fused-ring (bicyclic) bond motifs is 1. The molecule has 5 heteroatoms. The molecule has 0 atom stereocenters. The van der Waals surface area contributed by atoms with Crippen molar-refractivity contribution in [2.24, 2.45) is 0 Å². The van der Waals surface area contributed by atoms with E-state index in [1.807, 2.05) is 30.3 Å². The molecule has 102 valence electrons. The molecule has 0 N–H and O–H groups in total. The molecule has 2 aromatic carbocycles. The predicted molar refractivity (Wildman–Crippen MR) is 75.6 cm³/mol. The first-order valence-electron chi connectivity index (χ1n) is 6.00. The number of hydrogen-bond acceptors (Lipinski definition) is 3. The first-order valence-corrected chi connectivity index (χ1v) is 7.44. The first-order chi connectivity index (χ1) is 9.07. The van der Waals surface area contributed by atoms with Crippen LogP contribution in [0, 0.1) is 0 Å². The molecule has 0 aromatic heterocycles. The third kappa shape index (κ3) is 2.78. The zero-order valence-corrected chi connectivity index (χ0v) is 11.9. The molecule has 0 amide bonds. The zero-order chi connectivity index (χ0) is 13.9. The second-order valence-electron chi connectivity index (χ2n) is 4.30. The van der Waals surface area contributed by atoms with Crippen LogP contribution < -0.4 is 0 Å². The van der Waals surface area contributed by atoms with Crippen molar-refractivity contribution in [2.45, 2.75) is 4.90 Å². The van der Waals surface area contributed by atoms with Gasteiger partial charge in [0.25, 0.3) is 0 Å². The summed E-state index contributed by atoms with van der Waals surface area (Å²) in [6.45, 7) is 0.711. The maximum absolute atomic E-state index is 12.5. The fraction of sp³-hybridized carbons (Fsp3) is 0.286. The van der Waals surface area contributed by atoms with Gasteiger partial charge in [0, 0.05) is 26.1 Å². The topological polar surface area (TPSA) is 46.6 Å². The molecular weight excluding hydrogens is 262 g/mol. The lowest BCUT2D eigenvalue weighted by Crippen LogP contribution is -2.30. The summed E-state index contributed by atoms with van der Waals surface area (Å²) in [4.78, 5) is 0.337. The average molecular weight is 279 g/mol. The second kappa shape index (κ2) is 5.69. The number of likely N-dealkylation sites (N-methyl/N-ethyl adjacent to an activating group) is 1. The van der Waals surface area contributed by atoms with Crippen molar-refractivity contribution >= 4 is 20.8 Å². The molecule has 4 nitrogen and oxygen atoms in total. The lowest BCUT2D eigenvalue weighted by atomic mass is 10.1. The molecule has 0 aliphatic heterocycles. The van der Waals surface area contributed by atoms with Crippen molar-refractivity contribution in [3.8, 4) is 0 Å². The number of methoxy groups -OCH3 is 1. The van der Waals surface area contributed by atoms with Crippen molar-refractivity contribution < 1.29 is 13.2 Å². The van der Waals surface area contributed by atoms with E-state index in [4.69, 9.17) is 4.74 Å². The minimum atomic E-state index is -3.48. The minimum absolute atomic E-state index is 0.335. The molecule has 19 heavy (non-hydrogen) atoms. The highest BCUT2D eigenvalue weighted by molar-refractivity contribution is 7.89. The van der Waals surface area contributed by atoms with Gasteiger partial charge in [0.05, 0.1) is 11.5 Å². The summed E-state index contributed by atoms with van der Waals surface area (Å²) >= 11 is 0. The molecule has 2 aromatic rings. The number of benzene rings is 2. The van der Waals surface area contributed by atoms with E-state index in [2.05, 4.69) is 0 Å². The summed E-state index contributed by atoms with van der Waals surface area (Å²) in [6.07, 6.45) is 0. The summed E-state index contributed by atoms with van der Waals surface area (Å²) < 4.78 is 31.3. The summed E-state index contributed by atoms with van der Waals surface area (Å²) in [7, 11) is -0.365. The van der Waals surface area contributed by atoms with E-state index < -0.39 is 10.0 Å². The molecule has 0 saturated heterocycles. The SMILES string of the molecule is COCCN(C)S(=O)(=O)c1cccc2ccccc12. The quantitative estimate of drug-likeness (QED) is 0.842. The Hall–Kier alpha value is -1.43. The van der Waals surface area contributed by atoms with Crippen LogP contribution >= 0.6 is 0 Å². The maximum atomic E-state index is 12.5. The van der Waals surface area contributed by atoms with Gasteiger partial charge in [0.2, 0.25) is 10.0 Å². The third-order valence-electron chi connectivity index (χ3n) is 3.05. The molecule has 0 bridgehead atoms. The Morgan fingerprint density at radius 1 is 1.11 bits per heavy atom. The summed E-state index contributed by atoms with van der Waals surface area (Å²) in [5.41, 5.74) is 0. The fourth-order valence-corrected chi connectivity index (χ4v) is 3.29. The van der Waals surface area contributed by atoms with E-state index in [1.54, 1.807) is 26.3 Å². The van der Waals surface area contributed by atoms with E-state index in [1.165, 1.54) is 4.31 Å². The smallest absolute Gasteiger partial charge is 0.243 e. The van der Waals surface area contributed by atoms with E-state index in [-0.39, 0.29) is 0 Å². The summed E-state index contributed by atoms with van der Waals surface area (Å²) in [6, 6.07) is 12.8. The van der Waals surface area contributed by atoms with E-state index in [0.717, 1.165) is 10.8 Å². The Balaban J connectivity index is 2.49.